The largest absolute Gasteiger partial charge is 0.352 e. The Balaban J connectivity index is 3.15. The van der Waals surface area contributed by atoms with E-state index in [1.54, 1.807) is 0 Å². The van der Waals surface area contributed by atoms with Crippen LogP contribution in [0.1, 0.15) is 36.5 Å². The molecule has 1 amide bonds. The SMILES string of the molecule is CCCCCNC(=O)c1cc(F)c(F)c(S(=O)(=O)Cl)c1Cl. The van der Waals surface area contributed by atoms with Crippen LogP contribution in [-0.4, -0.2) is 20.9 Å². The first kappa shape index (κ1) is 18.1. The van der Waals surface area contributed by atoms with Crippen molar-refractivity contribution in [3.8, 4) is 0 Å². The van der Waals surface area contributed by atoms with E-state index in [1.165, 1.54) is 0 Å². The molecule has 1 N–H and O–H groups in total. The van der Waals surface area contributed by atoms with Crippen LogP contribution in [0.4, 0.5) is 8.78 Å². The molecule has 0 atom stereocenters. The van der Waals surface area contributed by atoms with Crippen LogP contribution < -0.4 is 5.32 Å². The molecule has 4 nitrogen and oxygen atoms in total. The van der Waals surface area contributed by atoms with Gasteiger partial charge in [-0.3, -0.25) is 4.79 Å². The molecule has 9 heteroatoms. The lowest BCUT2D eigenvalue weighted by atomic mass is 10.2. The number of hydrogen-bond acceptors (Lipinski definition) is 3. The van der Waals surface area contributed by atoms with Crippen LogP contribution in [0, 0.1) is 11.6 Å². The summed E-state index contributed by atoms with van der Waals surface area (Å²) in [6, 6.07) is 0.540. The first-order chi connectivity index (χ1) is 9.70. The number of benzene rings is 1. The Morgan fingerprint density at radius 3 is 2.48 bits per heavy atom. The highest BCUT2D eigenvalue weighted by atomic mass is 35.7. The second kappa shape index (κ2) is 7.38. The number of unbranched alkanes of at least 4 members (excludes halogenated alkanes) is 2. The van der Waals surface area contributed by atoms with E-state index >= 15 is 0 Å². The number of amides is 1. The van der Waals surface area contributed by atoms with Gasteiger partial charge in [0.1, 0.15) is 4.90 Å². The third-order valence-corrected chi connectivity index (χ3v) is 4.51. The van der Waals surface area contributed by atoms with E-state index in [0.29, 0.717) is 19.0 Å². The first-order valence-corrected chi connectivity index (χ1v) is 8.79. The molecule has 118 valence electrons. The van der Waals surface area contributed by atoms with Gasteiger partial charge in [0.25, 0.3) is 15.0 Å². The van der Waals surface area contributed by atoms with Crippen molar-refractivity contribution in [1.29, 1.82) is 0 Å². The van der Waals surface area contributed by atoms with Crippen LogP contribution in [0.3, 0.4) is 0 Å². The Morgan fingerprint density at radius 2 is 1.95 bits per heavy atom. The third-order valence-electron chi connectivity index (χ3n) is 2.67. The van der Waals surface area contributed by atoms with Gasteiger partial charge < -0.3 is 5.32 Å². The summed E-state index contributed by atoms with van der Waals surface area (Å²) in [7, 11) is 0.386. The molecule has 0 radical (unpaired) electrons. The molecule has 0 spiro atoms. The highest BCUT2D eigenvalue weighted by Crippen LogP contribution is 2.32. The van der Waals surface area contributed by atoms with E-state index < -0.39 is 42.1 Å². The summed E-state index contributed by atoms with van der Waals surface area (Å²) in [5.41, 5.74) is -0.480. The van der Waals surface area contributed by atoms with Gasteiger partial charge in [-0.05, 0) is 12.5 Å². The van der Waals surface area contributed by atoms with Crippen molar-refractivity contribution < 1.29 is 22.0 Å². The minimum Gasteiger partial charge on any atom is -0.352 e. The summed E-state index contributed by atoms with van der Waals surface area (Å²) in [5.74, 6) is -4.02. The van der Waals surface area contributed by atoms with Crippen LogP contribution in [0.2, 0.25) is 5.02 Å². The third kappa shape index (κ3) is 4.52. The lowest BCUT2D eigenvalue weighted by molar-refractivity contribution is 0.0952. The molecule has 0 unspecified atom stereocenters. The average molecular weight is 360 g/mol. The van der Waals surface area contributed by atoms with Crippen LogP contribution >= 0.6 is 22.3 Å². The monoisotopic (exact) mass is 359 g/mol. The molecule has 0 fully saturated rings. The Morgan fingerprint density at radius 1 is 1.33 bits per heavy atom. The van der Waals surface area contributed by atoms with E-state index in [-0.39, 0.29) is 0 Å². The molecule has 0 saturated carbocycles. The number of hydrogen-bond donors (Lipinski definition) is 1. The molecule has 0 heterocycles. The van der Waals surface area contributed by atoms with Crippen molar-refractivity contribution >= 4 is 37.2 Å². The average Bonchev–Trinajstić information content (AvgIpc) is 2.37. The summed E-state index contributed by atoms with van der Waals surface area (Å²) in [6.45, 7) is 2.29. The topological polar surface area (TPSA) is 63.2 Å². The van der Waals surface area contributed by atoms with E-state index in [9.17, 15) is 22.0 Å². The first-order valence-electron chi connectivity index (χ1n) is 6.10. The molecule has 0 aromatic heterocycles. The Hall–Kier alpha value is -0.920. The van der Waals surface area contributed by atoms with Crippen molar-refractivity contribution in [1.82, 2.24) is 5.32 Å². The van der Waals surface area contributed by atoms with Gasteiger partial charge in [0.2, 0.25) is 0 Å². The highest BCUT2D eigenvalue weighted by molar-refractivity contribution is 8.13. The van der Waals surface area contributed by atoms with Crippen LogP contribution in [0.5, 0.6) is 0 Å². The molecule has 1 aromatic carbocycles. The van der Waals surface area contributed by atoms with Crippen LogP contribution in [-0.2, 0) is 9.05 Å². The van der Waals surface area contributed by atoms with Crippen LogP contribution in [0.25, 0.3) is 0 Å². The van der Waals surface area contributed by atoms with E-state index in [4.69, 9.17) is 22.3 Å². The lowest BCUT2D eigenvalue weighted by Crippen LogP contribution is -2.25. The van der Waals surface area contributed by atoms with Crippen LogP contribution in [0.15, 0.2) is 11.0 Å². The number of carbonyl (C=O) groups is 1. The predicted molar refractivity (Wildman–Crippen MR) is 76.3 cm³/mol. The normalized spacial score (nSPS) is 11.5. The highest BCUT2D eigenvalue weighted by Gasteiger charge is 2.28. The Bertz CT molecular complexity index is 650. The zero-order chi connectivity index (χ0) is 16.2. The Kier molecular flexibility index (Phi) is 6.37. The van der Waals surface area contributed by atoms with Gasteiger partial charge in [0.05, 0.1) is 10.6 Å². The number of carbonyl (C=O) groups excluding carboxylic acids is 1. The molecule has 21 heavy (non-hydrogen) atoms. The minimum atomic E-state index is -4.63. The fourth-order valence-electron chi connectivity index (χ4n) is 1.63. The molecule has 0 aliphatic heterocycles. The molecule has 1 aromatic rings. The van der Waals surface area contributed by atoms with E-state index in [2.05, 4.69) is 5.32 Å². The van der Waals surface area contributed by atoms with E-state index in [1.807, 2.05) is 6.92 Å². The van der Waals surface area contributed by atoms with Gasteiger partial charge in [0.15, 0.2) is 11.6 Å². The fourth-order valence-corrected chi connectivity index (χ4v) is 3.35. The second-order valence-electron chi connectivity index (χ2n) is 4.26. The smallest absolute Gasteiger partial charge is 0.265 e. The molecule has 0 aliphatic carbocycles. The van der Waals surface area contributed by atoms with Gasteiger partial charge in [-0.1, -0.05) is 31.4 Å². The summed E-state index contributed by atoms with van der Waals surface area (Å²) in [4.78, 5) is 10.6. The predicted octanol–water partition coefficient (Wildman–Crippen LogP) is 3.47. The van der Waals surface area contributed by atoms with Crippen molar-refractivity contribution in [2.75, 3.05) is 6.54 Å². The maximum Gasteiger partial charge on any atom is 0.265 e. The van der Waals surface area contributed by atoms with Crippen molar-refractivity contribution in [3.63, 3.8) is 0 Å². The maximum absolute atomic E-state index is 13.5. The van der Waals surface area contributed by atoms with Crippen molar-refractivity contribution in [2.45, 2.75) is 31.1 Å². The molecule has 1 rings (SSSR count). The summed E-state index contributed by atoms with van der Waals surface area (Å²) in [5, 5.41) is 1.71. The molecule has 0 bridgehead atoms. The summed E-state index contributed by atoms with van der Waals surface area (Å²) < 4.78 is 49.4. The fraction of sp³-hybridized carbons (Fsp3) is 0.417. The lowest BCUT2D eigenvalue weighted by Gasteiger charge is -2.10. The summed E-state index contributed by atoms with van der Waals surface area (Å²) >= 11 is 5.67. The molecular formula is C12H13Cl2F2NO3S. The molecule has 0 saturated heterocycles. The molecular weight excluding hydrogens is 347 g/mol. The van der Waals surface area contributed by atoms with Crippen molar-refractivity contribution in [3.05, 3.63) is 28.3 Å². The van der Waals surface area contributed by atoms with Gasteiger partial charge in [0, 0.05) is 17.2 Å². The van der Waals surface area contributed by atoms with E-state index in [0.717, 1.165) is 12.8 Å². The molecule has 0 aliphatic rings. The van der Waals surface area contributed by atoms with Gasteiger partial charge >= 0.3 is 0 Å². The van der Waals surface area contributed by atoms with Gasteiger partial charge in [-0.15, -0.1) is 0 Å². The quantitative estimate of drug-likeness (QED) is 0.480. The van der Waals surface area contributed by atoms with Gasteiger partial charge in [-0.25, -0.2) is 17.2 Å². The number of halogens is 4. The zero-order valence-corrected chi connectivity index (χ0v) is 13.4. The van der Waals surface area contributed by atoms with Gasteiger partial charge in [-0.2, -0.15) is 0 Å². The Labute approximate surface area is 130 Å². The number of nitrogens with one attached hydrogen (secondary N) is 1. The second-order valence-corrected chi connectivity index (χ2v) is 7.14. The standard InChI is InChI=1S/C12H13Cl2F2NO3S/c1-2-3-4-5-17-12(18)7-6-8(15)10(16)11(9(7)13)21(14,19)20/h6H,2-5H2,1H3,(H,17,18). The zero-order valence-electron chi connectivity index (χ0n) is 11.1. The minimum absolute atomic E-state index is 0.310. The maximum atomic E-state index is 13.5. The van der Waals surface area contributed by atoms with Crippen molar-refractivity contribution in [2.24, 2.45) is 0 Å². The number of rotatable bonds is 6. The summed E-state index contributed by atoms with van der Waals surface area (Å²) in [6.07, 6.45) is 2.52.